The van der Waals surface area contributed by atoms with Crippen LogP contribution >= 0.6 is 0 Å². The number of anilines is 3. The van der Waals surface area contributed by atoms with Crippen LogP contribution in [0, 0.1) is 0 Å². The standard InChI is InChI=1S/C21H19F2N5O5/c22-21(23)32-16-7-4-14(12-17(16)33-21)27-20(30)26-13-2-5-15(6-3-13)31-18-8-10-25-19(28-18)24-9-1-11-29/h2-8,10,12,29H,1,9,11H2,(H,24,25,28)(H2,26,27,30). The Balaban J connectivity index is 1.31. The lowest BCUT2D eigenvalue weighted by molar-refractivity contribution is -0.286. The fourth-order valence-electron chi connectivity index (χ4n) is 2.81. The highest BCUT2D eigenvalue weighted by Crippen LogP contribution is 2.42. The largest absolute Gasteiger partial charge is 0.586 e. The van der Waals surface area contributed by atoms with Crippen molar-refractivity contribution in [3.63, 3.8) is 0 Å². The third-order valence-corrected chi connectivity index (χ3v) is 4.24. The smallest absolute Gasteiger partial charge is 0.439 e. The molecule has 0 radical (unpaired) electrons. The third kappa shape index (κ3) is 5.95. The average molecular weight is 459 g/mol. The molecule has 0 saturated heterocycles. The molecule has 4 rings (SSSR count). The van der Waals surface area contributed by atoms with Gasteiger partial charge in [-0.25, -0.2) is 9.78 Å². The van der Waals surface area contributed by atoms with E-state index in [-0.39, 0.29) is 23.8 Å². The summed E-state index contributed by atoms with van der Waals surface area (Å²) >= 11 is 0. The number of aliphatic hydroxyl groups excluding tert-OH is 1. The van der Waals surface area contributed by atoms with Gasteiger partial charge in [-0.1, -0.05) is 0 Å². The van der Waals surface area contributed by atoms with Gasteiger partial charge in [-0.2, -0.15) is 4.98 Å². The number of aromatic nitrogens is 2. The number of amides is 2. The molecular formula is C21H19F2N5O5. The normalized spacial score (nSPS) is 13.3. The Morgan fingerprint density at radius 2 is 1.76 bits per heavy atom. The van der Waals surface area contributed by atoms with Gasteiger partial charge in [-0.05, 0) is 42.8 Å². The van der Waals surface area contributed by atoms with E-state index >= 15 is 0 Å². The number of urea groups is 1. The van der Waals surface area contributed by atoms with Crippen molar-refractivity contribution in [1.29, 1.82) is 0 Å². The number of nitrogens with one attached hydrogen (secondary N) is 3. The van der Waals surface area contributed by atoms with Gasteiger partial charge in [0, 0.05) is 42.9 Å². The van der Waals surface area contributed by atoms with Gasteiger partial charge >= 0.3 is 12.3 Å². The molecule has 2 heterocycles. The summed E-state index contributed by atoms with van der Waals surface area (Å²) in [4.78, 5) is 20.5. The molecule has 10 nitrogen and oxygen atoms in total. The maximum absolute atomic E-state index is 13.1. The van der Waals surface area contributed by atoms with Gasteiger partial charge < -0.3 is 35.3 Å². The molecule has 1 aliphatic rings. The molecule has 0 saturated carbocycles. The number of alkyl halides is 2. The summed E-state index contributed by atoms with van der Waals surface area (Å²) in [7, 11) is 0. The van der Waals surface area contributed by atoms with E-state index in [2.05, 4.69) is 35.4 Å². The highest BCUT2D eigenvalue weighted by atomic mass is 19.3. The molecule has 2 amide bonds. The SMILES string of the molecule is O=C(Nc1ccc(Oc2ccnc(NCCCO)n2)cc1)Nc1ccc2c(c1)OC(F)(F)O2. The van der Waals surface area contributed by atoms with Crippen LogP contribution in [0.5, 0.6) is 23.1 Å². The lowest BCUT2D eigenvalue weighted by Crippen LogP contribution is -2.25. The zero-order valence-corrected chi connectivity index (χ0v) is 17.0. The monoisotopic (exact) mass is 459 g/mol. The van der Waals surface area contributed by atoms with Gasteiger partial charge in [0.25, 0.3) is 0 Å². The summed E-state index contributed by atoms with van der Waals surface area (Å²) < 4.78 is 40.6. The molecule has 0 spiro atoms. The summed E-state index contributed by atoms with van der Waals surface area (Å²) in [6, 6.07) is 11.5. The van der Waals surface area contributed by atoms with Gasteiger partial charge in [0.2, 0.25) is 11.8 Å². The predicted molar refractivity (Wildman–Crippen MR) is 114 cm³/mol. The number of benzene rings is 2. The van der Waals surface area contributed by atoms with Gasteiger partial charge in [0.1, 0.15) is 5.75 Å². The van der Waals surface area contributed by atoms with Gasteiger partial charge in [0.15, 0.2) is 11.5 Å². The Labute approximate surface area is 186 Å². The van der Waals surface area contributed by atoms with E-state index in [9.17, 15) is 13.6 Å². The molecule has 1 aliphatic heterocycles. The number of aliphatic hydroxyl groups is 1. The number of halogens is 2. The summed E-state index contributed by atoms with van der Waals surface area (Å²) in [5, 5.41) is 16.9. The number of hydrogen-bond donors (Lipinski definition) is 4. The van der Waals surface area contributed by atoms with Crippen LogP contribution in [0.3, 0.4) is 0 Å². The second kappa shape index (κ2) is 9.53. The van der Waals surface area contributed by atoms with Crippen molar-refractivity contribution in [3.05, 3.63) is 54.7 Å². The molecule has 1 aromatic heterocycles. The minimum Gasteiger partial charge on any atom is -0.439 e. The maximum Gasteiger partial charge on any atom is 0.586 e. The zero-order valence-electron chi connectivity index (χ0n) is 17.0. The first kappa shape index (κ1) is 22.0. The van der Waals surface area contributed by atoms with Crippen molar-refractivity contribution in [2.24, 2.45) is 0 Å². The molecule has 3 aromatic rings. The second-order valence-electron chi connectivity index (χ2n) is 6.76. The minimum absolute atomic E-state index is 0.0667. The number of nitrogens with zero attached hydrogens (tertiary/aromatic N) is 2. The number of ether oxygens (including phenoxy) is 3. The van der Waals surface area contributed by atoms with Gasteiger partial charge in [0.05, 0.1) is 0 Å². The highest BCUT2D eigenvalue weighted by molar-refractivity contribution is 6.00. The topological polar surface area (TPSA) is 127 Å². The van der Waals surface area contributed by atoms with E-state index in [1.54, 1.807) is 36.5 Å². The summed E-state index contributed by atoms with van der Waals surface area (Å²) in [5.74, 6) is 0.901. The highest BCUT2D eigenvalue weighted by Gasteiger charge is 2.43. The first-order valence-electron chi connectivity index (χ1n) is 9.84. The molecule has 4 N–H and O–H groups in total. The van der Waals surface area contributed by atoms with Crippen molar-refractivity contribution in [1.82, 2.24) is 9.97 Å². The first-order valence-corrected chi connectivity index (χ1v) is 9.84. The Hall–Kier alpha value is -4.19. The third-order valence-electron chi connectivity index (χ3n) is 4.24. The van der Waals surface area contributed by atoms with E-state index in [1.165, 1.54) is 18.2 Å². The van der Waals surface area contributed by atoms with Gasteiger partial charge in [-0.3, -0.25) is 0 Å². The molecule has 0 fully saturated rings. The Bertz CT molecular complexity index is 1130. The van der Waals surface area contributed by atoms with Crippen molar-refractivity contribution >= 4 is 23.4 Å². The maximum atomic E-state index is 13.1. The quantitative estimate of drug-likeness (QED) is 0.372. The van der Waals surface area contributed by atoms with E-state index in [4.69, 9.17) is 9.84 Å². The van der Waals surface area contributed by atoms with Crippen molar-refractivity contribution in [2.45, 2.75) is 12.7 Å². The van der Waals surface area contributed by atoms with Crippen LogP contribution in [0.2, 0.25) is 0 Å². The van der Waals surface area contributed by atoms with Crippen molar-refractivity contribution < 1.29 is 32.9 Å². The van der Waals surface area contributed by atoms with Crippen molar-refractivity contribution in [2.75, 3.05) is 29.1 Å². The predicted octanol–water partition coefficient (Wildman–Crippen LogP) is 4.03. The van der Waals surface area contributed by atoms with Crippen LogP contribution in [0.4, 0.5) is 30.9 Å². The van der Waals surface area contributed by atoms with E-state index in [1.807, 2.05) is 0 Å². The molecule has 0 aliphatic carbocycles. The Kier molecular flexibility index (Phi) is 6.36. The molecule has 0 bridgehead atoms. The van der Waals surface area contributed by atoms with Gasteiger partial charge in [-0.15, -0.1) is 8.78 Å². The van der Waals surface area contributed by atoms with Crippen LogP contribution in [0.1, 0.15) is 6.42 Å². The number of rotatable bonds is 8. The molecule has 172 valence electrons. The minimum atomic E-state index is -3.73. The van der Waals surface area contributed by atoms with Crippen LogP contribution in [0.15, 0.2) is 54.7 Å². The summed E-state index contributed by atoms with van der Waals surface area (Å²) in [6.07, 6.45) is -1.61. The van der Waals surface area contributed by atoms with E-state index in [0.29, 0.717) is 36.2 Å². The van der Waals surface area contributed by atoms with Crippen LogP contribution in [0.25, 0.3) is 0 Å². The Morgan fingerprint density at radius 3 is 2.55 bits per heavy atom. The van der Waals surface area contributed by atoms with Crippen molar-refractivity contribution in [3.8, 4) is 23.1 Å². The zero-order chi connectivity index (χ0) is 23.3. The number of hydrogen-bond acceptors (Lipinski definition) is 8. The van der Waals surface area contributed by atoms with Crippen LogP contribution < -0.4 is 30.2 Å². The fraction of sp³-hybridized carbons (Fsp3) is 0.190. The fourth-order valence-corrected chi connectivity index (χ4v) is 2.81. The van der Waals surface area contributed by atoms with E-state index in [0.717, 1.165) is 0 Å². The summed E-state index contributed by atoms with van der Waals surface area (Å²) in [6.45, 7) is 0.596. The lowest BCUT2D eigenvalue weighted by atomic mass is 10.3. The molecule has 33 heavy (non-hydrogen) atoms. The van der Waals surface area contributed by atoms with Crippen LogP contribution in [-0.2, 0) is 0 Å². The Morgan fingerprint density at radius 1 is 1.03 bits per heavy atom. The number of carbonyl (C=O) groups is 1. The lowest BCUT2D eigenvalue weighted by Gasteiger charge is -2.10. The first-order chi connectivity index (χ1) is 15.9. The molecule has 0 unspecified atom stereocenters. The number of fused-ring (bicyclic) bond motifs is 1. The van der Waals surface area contributed by atoms with Crippen LogP contribution in [-0.4, -0.2) is 40.6 Å². The molecule has 2 aromatic carbocycles. The average Bonchev–Trinajstić information content (AvgIpc) is 3.09. The molecule has 12 heteroatoms. The summed E-state index contributed by atoms with van der Waals surface area (Å²) in [5.41, 5.74) is 0.723. The molecule has 0 atom stereocenters. The van der Waals surface area contributed by atoms with E-state index < -0.39 is 12.3 Å². The molecular weight excluding hydrogens is 440 g/mol. The number of carbonyl (C=O) groups excluding carboxylic acids is 1. The second-order valence-corrected chi connectivity index (χ2v) is 6.76.